The van der Waals surface area contributed by atoms with Crippen molar-refractivity contribution in [3.63, 3.8) is 0 Å². The lowest BCUT2D eigenvalue weighted by Gasteiger charge is -2.29. The molecule has 1 fully saturated rings. The topological polar surface area (TPSA) is 42.3 Å². The number of ether oxygens (including phenoxy) is 1. The fraction of sp³-hybridized carbons (Fsp3) is 0.273. The third kappa shape index (κ3) is 4.22. The van der Waals surface area contributed by atoms with Gasteiger partial charge in [-0.2, -0.15) is 0 Å². The van der Waals surface area contributed by atoms with Crippen molar-refractivity contribution in [1.82, 2.24) is 19.8 Å². The second-order valence-electron chi connectivity index (χ2n) is 6.95. The van der Waals surface area contributed by atoms with Crippen LogP contribution >= 0.6 is 28.1 Å². The maximum absolute atomic E-state index is 5.73. The molecule has 0 bridgehead atoms. The molecule has 2 aromatic heterocycles. The smallest absolute Gasteiger partial charge is 0.170 e. The van der Waals surface area contributed by atoms with Crippen molar-refractivity contribution < 1.29 is 4.74 Å². The first-order valence-electron chi connectivity index (χ1n) is 9.59. The van der Waals surface area contributed by atoms with Crippen LogP contribution in [-0.4, -0.2) is 39.8 Å². The van der Waals surface area contributed by atoms with Crippen LogP contribution in [0, 0.1) is 0 Å². The van der Waals surface area contributed by atoms with Crippen LogP contribution in [-0.2, 0) is 4.74 Å². The standard InChI is InChI=1S/C22H23BrN4OS/c1-28-15-5-14-27-21(20(25-22(27)29)18-6-2-3-12-24-18)19-7-4-13-26(19)17-10-8-16(23)9-11-17/h2-4,6-13,20-21H,5,14-15H2,1H3,(H,25,29)/t20-,21-/m0/s1. The summed E-state index contributed by atoms with van der Waals surface area (Å²) >= 11 is 9.25. The van der Waals surface area contributed by atoms with E-state index in [1.165, 1.54) is 5.69 Å². The van der Waals surface area contributed by atoms with Crippen molar-refractivity contribution in [3.05, 3.63) is 82.9 Å². The first kappa shape index (κ1) is 20.1. The van der Waals surface area contributed by atoms with Crippen LogP contribution in [0.15, 0.2) is 71.5 Å². The van der Waals surface area contributed by atoms with E-state index in [0.717, 1.165) is 33.9 Å². The van der Waals surface area contributed by atoms with Crippen LogP contribution in [0.25, 0.3) is 5.69 Å². The number of hydrogen-bond donors (Lipinski definition) is 1. The molecule has 3 heterocycles. The zero-order chi connectivity index (χ0) is 20.2. The summed E-state index contributed by atoms with van der Waals surface area (Å²) in [5.74, 6) is 0. The van der Waals surface area contributed by atoms with Crippen molar-refractivity contribution >= 4 is 33.3 Å². The average Bonchev–Trinajstić information content (AvgIpc) is 3.34. The molecule has 2 atom stereocenters. The van der Waals surface area contributed by atoms with Crippen molar-refractivity contribution in [1.29, 1.82) is 0 Å². The van der Waals surface area contributed by atoms with Crippen LogP contribution in [0.4, 0.5) is 0 Å². The quantitative estimate of drug-likeness (QED) is 0.402. The molecule has 7 heteroatoms. The number of pyridine rings is 1. The molecule has 5 nitrogen and oxygen atoms in total. The van der Waals surface area contributed by atoms with E-state index in [4.69, 9.17) is 17.0 Å². The van der Waals surface area contributed by atoms with Crippen molar-refractivity contribution in [2.24, 2.45) is 0 Å². The molecule has 0 amide bonds. The Morgan fingerprint density at radius 3 is 2.69 bits per heavy atom. The second-order valence-corrected chi connectivity index (χ2v) is 8.25. The normalized spacial score (nSPS) is 18.8. The van der Waals surface area contributed by atoms with E-state index in [2.05, 4.69) is 84.4 Å². The molecule has 1 aliphatic rings. The Morgan fingerprint density at radius 2 is 1.97 bits per heavy atom. The Hall–Kier alpha value is -2.22. The van der Waals surface area contributed by atoms with Gasteiger partial charge in [-0.15, -0.1) is 0 Å². The molecule has 0 aliphatic carbocycles. The number of nitrogens with one attached hydrogen (secondary N) is 1. The van der Waals surface area contributed by atoms with Gasteiger partial charge in [0.05, 0.1) is 17.8 Å². The van der Waals surface area contributed by atoms with Crippen LogP contribution in [0.1, 0.15) is 29.9 Å². The number of hydrogen-bond acceptors (Lipinski definition) is 3. The lowest BCUT2D eigenvalue weighted by molar-refractivity contribution is 0.180. The minimum Gasteiger partial charge on any atom is -0.385 e. The molecule has 3 aromatic rings. The van der Waals surface area contributed by atoms with Gasteiger partial charge in [0.1, 0.15) is 0 Å². The van der Waals surface area contributed by atoms with Crippen LogP contribution in [0.5, 0.6) is 0 Å². The predicted molar refractivity (Wildman–Crippen MR) is 122 cm³/mol. The van der Waals surface area contributed by atoms with Crippen LogP contribution in [0.2, 0.25) is 0 Å². The highest BCUT2D eigenvalue weighted by molar-refractivity contribution is 9.10. The van der Waals surface area contributed by atoms with E-state index in [0.29, 0.717) is 6.61 Å². The monoisotopic (exact) mass is 470 g/mol. The van der Waals surface area contributed by atoms with E-state index in [1.54, 1.807) is 7.11 Å². The van der Waals surface area contributed by atoms with Crippen molar-refractivity contribution in [2.75, 3.05) is 20.3 Å². The van der Waals surface area contributed by atoms with Gasteiger partial charge in [-0.05, 0) is 67.2 Å². The molecule has 1 aliphatic heterocycles. The van der Waals surface area contributed by atoms with E-state index in [1.807, 2.05) is 18.3 Å². The van der Waals surface area contributed by atoms with Gasteiger partial charge in [0.2, 0.25) is 0 Å². The third-order valence-electron chi connectivity index (χ3n) is 5.13. The number of methoxy groups -OCH3 is 1. The molecule has 29 heavy (non-hydrogen) atoms. The molecule has 1 N–H and O–H groups in total. The highest BCUT2D eigenvalue weighted by Gasteiger charge is 2.40. The molecular formula is C22H23BrN4OS. The number of thiocarbonyl (C=S) groups is 1. The summed E-state index contributed by atoms with van der Waals surface area (Å²) in [6, 6.07) is 18.6. The number of benzene rings is 1. The van der Waals surface area contributed by atoms with Gasteiger partial charge in [-0.1, -0.05) is 22.0 Å². The zero-order valence-electron chi connectivity index (χ0n) is 16.2. The minimum absolute atomic E-state index is 0.0182. The number of nitrogens with zero attached hydrogens (tertiary/aromatic N) is 3. The molecule has 0 saturated carbocycles. The Morgan fingerprint density at radius 1 is 1.14 bits per heavy atom. The van der Waals surface area contributed by atoms with Crippen molar-refractivity contribution in [3.8, 4) is 5.69 Å². The van der Waals surface area contributed by atoms with E-state index >= 15 is 0 Å². The second kappa shape index (κ2) is 9.07. The fourth-order valence-electron chi connectivity index (χ4n) is 3.82. The fourth-order valence-corrected chi connectivity index (χ4v) is 4.42. The van der Waals surface area contributed by atoms with E-state index in [-0.39, 0.29) is 12.1 Å². The molecule has 0 radical (unpaired) electrons. The van der Waals surface area contributed by atoms with Gasteiger partial charge in [-0.25, -0.2) is 0 Å². The summed E-state index contributed by atoms with van der Waals surface area (Å²) in [5.41, 5.74) is 3.27. The van der Waals surface area contributed by atoms with E-state index < -0.39 is 0 Å². The average molecular weight is 471 g/mol. The highest BCUT2D eigenvalue weighted by atomic mass is 79.9. The molecule has 0 spiro atoms. The summed E-state index contributed by atoms with van der Waals surface area (Å²) in [6.45, 7) is 1.52. The SMILES string of the molecule is COCCCN1C(=S)N[C@@H](c2ccccn2)[C@@H]1c1cccn1-c1ccc(Br)cc1. The van der Waals surface area contributed by atoms with Crippen LogP contribution < -0.4 is 5.32 Å². The Bertz CT molecular complexity index is 960. The van der Waals surface area contributed by atoms with Gasteiger partial charge in [0.25, 0.3) is 0 Å². The largest absolute Gasteiger partial charge is 0.385 e. The maximum atomic E-state index is 5.73. The lowest BCUT2D eigenvalue weighted by Crippen LogP contribution is -2.32. The molecule has 0 unspecified atom stereocenters. The van der Waals surface area contributed by atoms with E-state index in [9.17, 15) is 0 Å². The minimum atomic E-state index is -0.0182. The maximum Gasteiger partial charge on any atom is 0.170 e. The molecular weight excluding hydrogens is 448 g/mol. The van der Waals surface area contributed by atoms with Gasteiger partial charge in [-0.3, -0.25) is 4.98 Å². The van der Waals surface area contributed by atoms with Crippen LogP contribution in [0.3, 0.4) is 0 Å². The zero-order valence-corrected chi connectivity index (χ0v) is 18.6. The third-order valence-corrected chi connectivity index (χ3v) is 6.01. The summed E-state index contributed by atoms with van der Waals surface area (Å²) in [7, 11) is 1.73. The van der Waals surface area contributed by atoms with Gasteiger partial charge in [0, 0.05) is 48.5 Å². The molecule has 150 valence electrons. The number of rotatable bonds is 7. The highest BCUT2D eigenvalue weighted by Crippen LogP contribution is 2.39. The molecule has 1 saturated heterocycles. The Kier molecular flexibility index (Phi) is 6.28. The van der Waals surface area contributed by atoms with Gasteiger partial charge >= 0.3 is 0 Å². The number of halogens is 1. The van der Waals surface area contributed by atoms with Crippen molar-refractivity contribution in [2.45, 2.75) is 18.5 Å². The number of aromatic nitrogens is 2. The first-order chi connectivity index (χ1) is 14.2. The lowest BCUT2D eigenvalue weighted by atomic mass is 10.0. The summed E-state index contributed by atoms with van der Waals surface area (Å²) in [6.07, 6.45) is 4.84. The van der Waals surface area contributed by atoms with Gasteiger partial charge in [0.15, 0.2) is 5.11 Å². The van der Waals surface area contributed by atoms with Gasteiger partial charge < -0.3 is 19.5 Å². The molecule has 1 aromatic carbocycles. The summed E-state index contributed by atoms with van der Waals surface area (Å²) in [4.78, 5) is 6.87. The summed E-state index contributed by atoms with van der Waals surface area (Å²) < 4.78 is 8.56. The molecule has 4 rings (SSSR count). The predicted octanol–water partition coefficient (Wildman–Crippen LogP) is 4.64. The Balaban J connectivity index is 1.75. The Labute approximate surface area is 184 Å². The first-order valence-corrected chi connectivity index (χ1v) is 10.8. The summed E-state index contributed by atoms with van der Waals surface area (Å²) in [5, 5.41) is 4.26.